The fourth-order valence-corrected chi connectivity index (χ4v) is 2.33. The summed E-state index contributed by atoms with van der Waals surface area (Å²) in [6.07, 6.45) is 0.245. The van der Waals surface area contributed by atoms with Crippen LogP contribution in [0.2, 0.25) is 5.02 Å². The molecule has 0 fully saturated rings. The molecule has 0 bridgehead atoms. The lowest BCUT2D eigenvalue weighted by Gasteiger charge is -2.06. The van der Waals surface area contributed by atoms with Crippen molar-refractivity contribution in [3.8, 4) is 5.69 Å². The van der Waals surface area contributed by atoms with Gasteiger partial charge in [0.05, 0.1) is 17.3 Å². The van der Waals surface area contributed by atoms with Crippen LogP contribution in [0.3, 0.4) is 0 Å². The summed E-state index contributed by atoms with van der Waals surface area (Å²) in [6.45, 7) is 1.78. The smallest absolute Gasteiger partial charge is 0.113 e. The van der Waals surface area contributed by atoms with E-state index in [1.807, 2.05) is 42.5 Å². The molecule has 3 aromatic rings. The topological polar surface area (TPSA) is 50.9 Å². The van der Waals surface area contributed by atoms with Gasteiger partial charge in [-0.3, -0.25) is 0 Å². The number of hydrogen-bond donors (Lipinski definition) is 1. The van der Waals surface area contributed by atoms with E-state index >= 15 is 0 Å². The van der Waals surface area contributed by atoms with Gasteiger partial charge in [-0.25, -0.2) is 4.68 Å². The lowest BCUT2D eigenvalue weighted by molar-refractivity contribution is 0.195. The largest absolute Gasteiger partial charge is 0.393 e. The maximum atomic E-state index is 9.49. The Morgan fingerprint density at radius 3 is 2.65 bits per heavy atom. The highest BCUT2D eigenvalue weighted by Gasteiger charge is 2.08. The number of aliphatic hydroxyl groups excluding tert-OH is 1. The zero-order valence-corrected chi connectivity index (χ0v) is 11.7. The fraction of sp³-hybridized carbons (Fsp3) is 0.200. The summed E-state index contributed by atoms with van der Waals surface area (Å²) in [5.74, 6) is 0. The molecule has 0 amide bonds. The standard InChI is InChI=1S/C15H14ClN3O/c1-10(20)8-11-2-7-14-15(9-11)19(18-17-14)13-5-3-12(16)4-6-13/h2-7,9-10,20H,8H2,1H3. The molecule has 0 aliphatic rings. The van der Waals surface area contributed by atoms with Gasteiger partial charge in [-0.1, -0.05) is 22.9 Å². The van der Waals surface area contributed by atoms with E-state index in [0.29, 0.717) is 11.4 Å². The SMILES string of the molecule is CC(O)Cc1ccc2nnn(-c3ccc(Cl)cc3)c2c1. The molecule has 4 nitrogen and oxygen atoms in total. The Labute approximate surface area is 121 Å². The first-order chi connectivity index (χ1) is 9.63. The van der Waals surface area contributed by atoms with Crippen LogP contribution in [0, 0.1) is 0 Å². The van der Waals surface area contributed by atoms with Gasteiger partial charge in [0, 0.05) is 5.02 Å². The monoisotopic (exact) mass is 287 g/mol. The summed E-state index contributed by atoms with van der Waals surface area (Å²) >= 11 is 5.90. The molecule has 0 saturated carbocycles. The summed E-state index contributed by atoms with van der Waals surface area (Å²) in [4.78, 5) is 0. The van der Waals surface area contributed by atoms with Gasteiger partial charge in [0.1, 0.15) is 5.52 Å². The first-order valence-corrected chi connectivity index (χ1v) is 6.79. The van der Waals surface area contributed by atoms with Crippen molar-refractivity contribution in [2.45, 2.75) is 19.4 Å². The van der Waals surface area contributed by atoms with Crippen LogP contribution in [0.25, 0.3) is 16.7 Å². The normalized spacial score (nSPS) is 12.8. The summed E-state index contributed by atoms with van der Waals surface area (Å²) in [5.41, 5.74) is 3.72. The van der Waals surface area contributed by atoms with E-state index in [-0.39, 0.29) is 6.10 Å². The quantitative estimate of drug-likeness (QED) is 0.806. The molecule has 2 aromatic carbocycles. The first-order valence-electron chi connectivity index (χ1n) is 6.42. The van der Waals surface area contributed by atoms with Crippen molar-refractivity contribution in [1.82, 2.24) is 15.0 Å². The van der Waals surface area contributed by atoms with Crippen molar-refractivity contribution in [2.24, 2.45) is 0 Å². The Morgan fingerprint density at radius 2 is 1.95 bits per heavy atom. The van der Waals surface area contributed by atoms with Crippen LogP contribution in [-0.4, -0.2) is 26.2 Å². The third-order valence-corrected chi connectivity index (χ3v) is 3.36. The van der Waals surface area contributed by atoms with E-state index in [0.717, 1.165) is 22.3 Å². The minimum Gasteiger partial charge on any atom is -0.393 e. The molecule has 0 saturated heterocycles. The lowest BCUT2D eigenvalue weighted by atomic mass is 10.1. The number of fused-ring (bicyclic) bond motifs is 1. The Kier molecular flexibility index (Phi) is 3.42. The molecule has 1 N–H and O–H groups in total. The predicted molar refractivity (Wildman–Crippen MR) is 79.3 cm³/mol. The average Bonchev–Trinajstić information content (AvgIpc) is 2.82. The van der Waals surface area contributed by atoms with Crippen LogP contribution in [0.1, 0.15) is 12.5 Å². The van der Waals surface area contributed by atoms with Crippen LogP contribution in [-0.2, 0) is 6.42 Å². The molecule has 0 radical (unpaired) electrons. The number of aliphatic hydroxyl groups is 1. The Balaban J connectivity index is 2.09. The van der Waals surface area contributed by atoms with Gasteiger partial charge in [-0.2, -0.15) is 0 Å². The van der Waals surface area contributed by atoms with Crippen LogP contribution in [0.5, 0.6) is 0 Å². The average molecular weight is 288 g/mol. The summed E-state index contributed by atoms with van der Waals surface area (Å²) in [5, 5.41) is 18.5. The Bertz CT molecular complexity index is 734. The van der Waals surface area contributed by atoms with Crippen molar-refractivity contribution in [3.05, 3.63) is 53.1 Å². The molecular weight excluding hydrogens is 274 g/mol. The number of hydrogen-bond acceptors (Lipinski definition) is 3. The molecule has 0 spiro atoms. The molecule has 5 heteroatoms. The van der Waals surface area contributed by atoms with Gasteiger partial charge < -0.3 is 5.11 Å². The van der Waals surface area contributed by atoms with E-state index in [1.54, 1.807) is 11.6 Å². The van der Waals surface area contributed by atoms with Crippen molar-refractivity contribution >= 4 is 22.6 Å². The van der Waals surface area contributed by atoms with Crippen molar-refractivity contribution in [2.75, 3.05) is 0 Å². The number of benzene rings is 2. The highest BCUT2D eigenvalue weighted by Crippen LogP contribution is 2.20. The lowest BCUT2D eigenvalue weighted by Crippen LogP contribution is -2.04. The van der Waals surface area contributed by atoms with Gasteiger partial charge in [0.25, 0.3) is 0 Å². The summed E-state index contributed by atoms with van der Waals surface area (Å²) in [7, 11) is 0. The summed E-state index contributed by atoms with van der Waals surface area (Å²) in [6, 6.07) is 13.3. The van der Waals surface area contributed by atoms with E-state index in [4.69, 9.17) is 11.6 Å². The van der Waals surface area contributed by atoms with Crippen LogP contribution >= 0.6 is 11.6 Å². The molecule has 20 heavy (non-hydrogen) atoms. The van der Waals surface area contributed by atoms with E-state index < -0.39 is 0 Å². The number of rotatable bonds is 3. The second-order valence-corrected chi connectivity index (χ2v) is 5.29. The molecule has 1 heterocycles. The van der Waals surface area contributed by atoms with Crippen molar-refractivity contribution in [3.63, 3.8) is 0 Å². The van der Waals surface area contributed by atoms with Crippen molar-refractivity contribution in [1.29, 1.82) is 0 Å². The molecule has 0 aliphatic heterocycles. The molecule has 1 atom stereocenters. The third-order valence-electron chi connectivity index (χ3n) is 3.11. The van der Waals surface area contributed by atoms with Crippen LogP contribution in [0.15, 0.2) is 42.5 Å². The predicted octanol–water partition coefficient (Wildman–Crippen LogP) is 3.00. The minimum absolute atomic E-state index is 0.368. The van der Waals surface area contributed by atoms with Gasteiger partial charge in [0.15, 0.2) is 0 Å². The maximum absolute atomic E-state index is 9.49. The Morgan fingerprint density at radius 1 is 1.20 bits per heavy atom. The van der Waals surface area contributed by atoms with Gasteiger partial charge in [0.2, 0.25) is 0 Å². The van der Waals surface area contributed by atoms with E-state index in [1.165, 1.54) is 0 Å². The van der Waals surface area contributed by atoms with E-state index in [9.17, 15) is 5.11 Å². The molecule has 3 rings (SSSR count). The van der Waals surface area contributed by atoms with Gasteiger partial charge >= 0.3 is 0 Å². The highest BCUT2D eigenvalue weighted by molar-refractivity contribution is 6.30. The first kappa shape index (κ1) is 13.1. The molecule has 1 unspecified atom stereocenters. The fourth-order valence-electron chi connectivity index (χ4n) is 2.21. The molecule has 102 valence electrons. The van der Waals surface area contributed by atoms with Gasteiger partial charge in [-0.15, -0.1) is 5.10 Å². The number of aromatic nitrogens is 3. The van der Waals surface area contributed by atoms with E-state index in [2.05, 4.69) is 10.3 Å². The number of nitrogens with zero attached hydrogens (tertiary/aromatic N) is 3. The van der Waals surface area contributed by atoms with Gasteiger partial charge in [-0.05, 0) is 55.3 Å². The number of halogens is 1. The van der Waals surface area contributed by atoms with Crippen LogP contribution < -0.4 is 0 Å². The molecule has 0 aliphatic carbocycles. The van der Waals surface area contributed by atoms with Crippen molar-refractivity contribution < 1.29 is 5.11 Å². The third kappa shape index (κ3) is 2.53. The highest BCUT2D eigenvalue weighted by atomic mass is 35.5. The Hall–Kier alpha value is -1.91. The second-order valence-electron chi connectivity index (χ2n) is 4.85. The molecular formula is C15H14ClN3O. The second kappa shape index (κ2) is 5.23. The zero-order chi connectivity index (χ0) is 14.1. The minimum atomic E-state index is -0.368. The molecule has 1 aromatic heterocycles. The maximum Gasteiger partial charge on any atom is 0.113 e. The van der Waals surface area contributed by atoms with Crippen LogP contribution in [0.4, 0.5) is 0 Å². The summed E-state index contributed by atoms with van der Waals surface area (Å²) < 4.78 is 1.78. The zero-order valence-electron chi connectivity index (χ0n) is 11.0.